The number of nitrogens with two attached hydrogens (primary N) is 1. The zero-order valence-corrected chi connectivity index (χ0v) is 16.7. The van der Waals surface area contributed by atoms with E-state index in [1.165, 1.54) is 6.26 Å². The first-order chi connectivity index (χ1) is 14.5. The van der Waals surface area contributed by atoms with Gasteiger partial charge in [-0.2, -0.15) is 0 Å². The van der Waals surface area contributed by atoms with E-state index in [0.717, 1.165) is 0 Å². The number of pyridine rings is 1. The van der Waals surface area contributed by atoms with Crippen LogP contribution in [0.5, 0.6) is 0 Å². The maximum atomic E-state index is 13.1. The van der Waals surface area contributed by atoms with Crippen molar-refractivity contribution in [1.29, 1.82) is 0 Å². The van der Waals surface area contributed by atoms with Crippen LogP contribution in [0.15, 0.2) is 41.1 Å². The highest BCUT2D eigenvalue weighted by Gasteiger charge is 2.30. The Morgan fingerprint density at radius 2 is 1.63 bits per heavy atom. The Hall–Kier alpha value is -3.36. The number of carbonyl (C=O) groups excluding carboxylic acids is 3. The minimum atomic E-state index is -0.300. The summed E-state index contributed by atoms with van der Waals surface area (Å²) in [6, 6.07) is 6.89. The van der Waals surface area contributed by atoms with E-state index in [0.29, 0.717) is 69.3 Å². The number of carbonyl (C=O) groups is 3. The lowest BCUT2D eigenvalue weighted by Gasteiger charge is -2.36. The fourth-order valence-electron chi connectivity index (χ4n) is 4.03. The molecule has 2 N–H and O–H groups in total. The lowest BCUT2D eigenvalue weighted by Crippen LogP contribution is -2.49. The Bertz CT molecular complexity index is 913. The van der Waals surface area contributed by atoms with Gasteiger partial charge >= 0.3 is 0 Å². The first-order valence-corrected chi connectivity index (χ1v) is 10.2. The van der Waals surface area contributed by atoms with Gasteiger partial charge in [0.2, 0.25) is 5.91 Å². The summed E-state index contributed by atoms with van der Waals surface area (Å²) in [6.45, 7) is 3.21. The van der Waals surface area contributed by atoms with Gasteiger partial charge in [-0.1, -0.05) is 0 Å². The molecule has 0 saturated carbocycles. The molecule has 0 aromatic carbocycles. The lowest BCUT2D eigenvalue weighted by atomic mass is 9.96. The summed E-state index contributed by atoms with van der Waals surface area (Å²) in [4.78, 5) is 47.0. The standard InChI is InChI=1S/C21H25N5O4/c22-18(27)15-5-8-25(9-6-15)20(28)16-3-1-7-23-19(16)24-10-12-26(13-11-24)21(29)17-4-2-14-30-17/h1-4,7,14-15H,5-6,8-13H2,(H2,22,27). The third-order valence-electron chi connectivity index (χ3n) is 5.80. The van der Waals surface area contributed by atoms with Gasteiger partial charge in [0.05, 0.1) is 11.8 Å². The van der Waals surface area contributed by atoms with Gasteiger partial charge in [0, 0.05) is 51.4 Å². The number of amides is 3. The van der Waals surface area contributed by atoms with Gasteiger partial charge in [0.1, 0.15) is 5.82 Å². The van der Waals surface area contributed by atoms with E-state index in [9.17, 15) is 14.4 Å². The number of rotatable bonds is 4. The molecule has 9 heteroatoms. The molecule has 2 saturated heterocycles. The molecular formula is C21H25N5O4. The predicted octanol–water partition coefficient (Wildman–Crippen LogP) is 0.974. The van der Waals surface area contributed by atoms with E-state index in [-0.39, 0.29) is 23.6 Å². The van der Waals surface area contributed by atoms with Gasteiger partial charge in [-0.15, -0.1) is 0 Å². The largest absolute Gasteiger partial charge is 0.459 e. The van der Waals surface area contributed by atoms with Gasteiger partial charge < -0.3 is 24.9 Å². The van der Waals surface area contributed by atoms with Crippen molar-refractivity contribution in [2.24, 2.45) is 11.7 Å². The number of piperidine rings is 1. The summed E-state index contributed by atoms with van der Waals surface area (Å²) in [5.74, 6) is 0.277. The number of piperazine rings is 1. The molecule has 9 nitrogen and oxygen atoms in total. The third kappa shape index (κ3) is 4.00. The molecule has 2 aromatic heterocycles. The van der Waals surface area contributed by atoms with Crippen molar-refractivity contribution in [3.05, 3.63) is 48.0 Å². The van der Waals surface area contributed by atoms with Crippen molar-refractivity contribution in [3.8, 4) is 0 Å². The minimum absolute atomic E-state index is 0.0879. The Balaban J connectivity index is 1.42. The molecule has 0 atom stereocenters. The zero-order valence-electron chi connectivity index (χ0n) is 16.7. The molecular weight excluding hydrogens is 386 g/mol. The molecule has 2 aromatic rings. The van der Waals surface area contributed by atoms with Crippen LogP contribution in [0.25, 0.3) is 0 Å². The molecule has 2 fully saturated rings. The molecule has 0 unspecified atom stereocenters. The number of nitrogens with zero attached hydrogens (tertiary/aromatic N) is 4. The second-order valence-corrected chi connectivity index (χ2v) is 7.60. The smallest absolute Gasteiger partial charge is 0.289 e. The average molecular weight is 411 g/mol. The highest BCUT2D eigenvalue weighted by atomic mass is 16.3. The van der Waals surface area contributed by atoms with Crippen LogP contribution < -0.4 is 10.6 Å². The zero-order chi connectivity index (χ0) is 21.1. The van der Waals surface area contributed by atoms with Crippen LogP contribution in [-0.2, 0) is 4.79 Å². The summed E-state index contributed by atoms with van der Waals surface area (Å²) < 4.78 is 5.20. The topological polar surface area (TPSA) is 113 Å². The lowest BCUT2D eigenvalue weighted by molar-refractivity contribution is -0.123. The summed E-state index contributed by atoms with van der Waals surface area (Å²) >= 11 is 0. The Morgan fingerprint density at radius 1 is 0.933 bits per heavy atom. The van der Waals surface area contributed by atoms with Gasteiger partial charge in [-0.05, 0) is 37.1 Å². The van der Waals surface area contributed by atoms with Gasteiger partial charge in [0.25, 0.3) is 11.8 Å². The van der Waals surface area contributed by atoms with E-state index in [1.54, 1.807) is 40.3 Å². The summed E-state index contributed by atoms with van der Waals surface area (Å²) in [5.41, 5.74) is 5.93. The molecule has 0 spiro atoms. The number of hydrogen-bond donors (Lipinski definition) is 1. The van der Waals surface area contributed by atoms with Crippen molar-refractivity contribution in [2.75, 3.05) is 44.2 Å². The van der Waals surface area contributed by atoms with Crippen LogP contribution in [0.1, 0.15) is 33.8 Å². The number of furan rings is 1. The Morgan fingerprint density at radius 3 is 2.27 bits per heavy atom. The van der Waals surface area contributed by atoms with Crippen LogP contribution in [0, 0.1) is 5.92 Å². The number of aromatic nitrogens is 1. The van der Waals surface area contributed by atoms with Crippen molar-refractivity contribution in [1.82, 2.24) is 14.8 Å². The Kier molecular flexibility index (Phi) is 5.69. The molecule has 3 amide bonds. The summed E-state index contributed by atoms with van der Waals surface area (Å²) in [6.07, 6.45) is 4.34. The quantitative estimate of drug-likeness (QED) is 0.802. The number of hydrogen-bond acceptors (Lipinski definition) is 6. The Labute approximate surface area is 174 Å². The predicted molar refractivity (Wildman–Crippen MR) is 109 cm³/mol. The molecule has 158 valence electrons. The van der Waals surface area contributed by atoms with Crippen molar-refractivity contribution in [2.45, 2.75) is 12.8 Å². The second-order valence-electron chi connectivity index (χ2n) is 7.60. The number of likely N-dealkylation sites (tertiary alicyclic amines) is 1. The molecule has 0 bridgehead atoms. The number of primary amides is 1. The second kappa shape index (κ2) is 8.56. The maximum absolute atomic E-state index is 13.1. The maximum Gasteiger partial charge on any atom is 0.289 e. The van der Waals surface area contributed by atoms with E-state index >= 15 is 0 Å². The summed E-state index contributed by atoms with van der Waals surface area (Å²) in [7, 11) is 0. The fourth-order valence-corrected chi connectivity index (χ4v) is 4.03. The third-order valence-corrected chi connectivity index (χ3v) is 5.80. The molecule has 4 rings (SSSR count). The van der Waals surface area contributed by atoms with Crippen molar-refractivity contribution in [3.63, 3.8) is 0 Å². The van der Waals surface area contributed by atoms with Gasteiger partial charge in [0.15, 0.2) is 5.76 Å². The van der Waals surface area contributed by atoms with Crippen molar-refractivity contribution >= 4 is 23.5 Å². The normalized spacial score (nSPS) is 17.8. The van der Waals surface area contributed by atoms with Crippen LogP contribution in [0.2, 0.25) is 0 Å². The summed E-state index contributed by atoms with van der Waals surface area (Å²) in [5, 5.41) is 0. The van der Waals surface area contributed by atoms with Gasteiger partial charge in [-0.25, -0.2) is 4.98 Å². The van der Waals surface area contributed by atoms with Gasteiger partial charge in [-0.3, -0.25) is 14.4 Å². The first-order valence-electron chi connectivity index (χ1n) is 10.2. The fraction of sp³-hybridized carbons (Fsp3) is 0.429. The molecule has 0 aliphatic carbocycles. The molecule has 0 radical (unpaired) electrons. The van der Waals surface area contributed by atoms with Crippen LogP contribution in [0.4, 0.5) is 5.82 Å². The van der Waals surface area contributed by atoms with E-state index in [1.807, 2.05) is 4.90 Å². The molecule has 2 aliphatic heterocycles. The SMILES string of the molecule is NC(=O)C1CCN(C(=O)c2cccnc2N2CCN(C(=O)c3ccco3)CC2)CC1. The highest BCUT2D eigenvalue weighted by Crippen LogP contribution is 2.24. The monoisotopic (exact) mass is 411 g/mol. The van der Waals surface area contributed by atoms with Crippen LogP contribution in [-0.4, -0.2) is 71.8 Å². The van der Waals surface area contributed by atoms with Crippen molar-refractivity contribution < 1.29 is 18.8 Å². The van der Waals surface area contributed by atoms with Crippen LogP contribution >= 0.6 is 0 Å². The average Bonchev–Trinajstić information content (AvgIpc) is 3.33. The van der Waals surface area contributed by atoms with Crippen LogP contribution in [0.3, 0.4) is 0 Å². The molecule has 30 heavy (non-hydrogen) atoms. The van der Waals surface area contributed by atoms with E-state index < -0.39 is 0 Å². The molecule has 2 aliphatic rings. The minimum Gasteiger partial charge on any atom is -0.459 e. The van der Waals surface area contributed by atoms with E-state index in [2.05, 4.69) is 4.98 Å². The van der Waals surface area contributed by atoms with E-state index in [4.69, 9.17) is 10.2 Å². The molecule has 4 heterocycles. The number of anilines is 1. The first kappa shape index (κ1) is 19.9. The highest BCUT2D eigenvalue weighted by molar-refractivity contribution is 5.99.